The Morgan fingerprint density at radius 2 is 1.79 bits per heavy atom. The van der Waals surface area contributed by atoms with E-state index in [2.05, 4.69) is 23.2 Å². The minimum absolute atomic E-state index is 1.14. The number of hydrogen-bond donors (Lipinski definition) is 1. The van der Waals surface area contributed by atoms with Crippen LogP contribution in [0, 0.1) is 0 Å². The molecule has 0 unspecified atom stereocenters. The molecule has 1 rings (SSSR count). The lowest BCUT2D eigenvalue weighted by Gasteiger charge is -2.01. The van der Waals surface area contributed by atoms with Crippen LogP contribution in [0.5, 0.6) is 0 Å². The van der Waals surface area contributed by atoms with Crippen molar-refractivity contribution in [2.75, 3.05) is 19.6 Å². The summed E-state index contributed by atoms with van der Waals surface area (Å²) in [5, 5.41) is 3.24. The molecule has 0 aliphatic carbocycles. The summed E-state index contributed by atoms with van der Waals surface area (Å²) in [5.74, 6) is 0. The lowest BCUT2D eigenvalue weighted by atomic mass is 10.1. The van der Waals surface area contributed by atoms with Crippen LogP contribution in [0.4, 0.5) is 0 Å². The molecule has 0 amide bonds. The van der Waals surface area contributed by atoms with Gasteiger partial charge in [0.2, 0.25) is 6.34 Å². The molecule has 1 heterocycles. The van der Waals surface area contributed by atoms with Gasteiger partial charge in [0.15, 0.2) is 0 Å². The molecule has 0 radical (unpaired) electrons. The zero-order valence-corrected chi connectivity index (χ0v) is 9.60. The third-order valence-corrected chi connectivity index (χ3v) is 2.87. The molecule has 1 aliphatic rings. The Hall–Kier alpha value is -0.530. The topological polar surface area (TPSA) is 15.0 Å². The normalized spacial score (nSPS) is 15.4. The van der Waals surface area contributed by atoms with Crippen LogP contribution in [0.15, 0.2) is 0 Å². The van der Waals surface area contributed by atoms with E-state index in [1.54, 1.807) is 0 Å². The van der Waals surface area contributed by atoms with E-state index in [9.17, 15) is 0 Å². The van der Waals surface area contributed by atoms with Crippen molar-refractivity contribution >= 4 is 6.34 Å². The van der Waals surface area contributed by atoms with E-state index in [0.29, 0.717) is 0 Å². The first-order valence-electron chi connectivity index (χ1n) is 6.24. The SMILES string of the molecule is CCCCCCCCC[N+]1=CNCC1. The Bertz CT molecular complexity index is 164. The van der Waals surface area contributed by atoms with Gasteiger partial charge in [0.1, 0.15) is 13.1 Å². The fourth-order valence-corrected chi connectivity index (χ4v) is 1.91. The van der Waals surface area contributed by atoms with Gasteiger partial charge in [-0.1, -0.05) is 39.0 Å². The second kappa shape index (κ2) is 7.84. The molecule has 2 heteroatoms. The predicted octanol–water partition coefficient (Wildman–Crippen LogP) is 2.38. The van der Waals surface area contributed by atoms with Gasteiger partial charge in [0, 0.05) is 0 Å². The van der Waals surface area contributed by atoms with Crippen molar-refractivity contribution in [1.29, 1.82) is 0 Å². The van der Waals surface area contributed by atoms with Crippen LogP contribution in [-0.4, -0.2) is 30.5 Å². The standard InChI is InChI=1S/C12H24N2/c1-2-3-4-5-6-7-8-10-14-11-9-13-12-14/h12H,2-11H2,1H3/p+1. The highest BCUT2D eigenvalue weighted by atomic mass is 15.1. The third-order valence-electron chi connectivity index (χ3n) is 2.87. The molecule has 0 fully saturated rings. The molecule has 0 aromatic heterocycles. The zero-order chi connectivity index (χ0) is 10.1. The quantitative estimate of drug-likeness (QED) is 0.466. The molecule has 0 aromatic carbocycles. The van der Waals surface area contributed by atoms with Crippen LogP contribution in [0.25, 0.3) is 0 Å². The first-order valence-corrected chi connectivity index (χ1v) is 6.24. The molecule has 82 valence electrons. The highest BCUT2D eigenvalue weighted by Gasteiger charge is 2.06. The molecular formula is C12H25N2+. The Morgan fingerprint density at radius 3 is 2.43 bits per heavy atom. The minimum atomic E-state index is 1.14. The average molecular weight is 197 g/mol. The van der Waals surface area contributed by atoms with E-state index in [1.807, 2.05) is 0 Å². The van der Waals surface area contributed by atoms with Gasteiger partial charge in [-0.3, -0.25) is 9.89 Å². The average Bonchev–Trinajstić information content (AvgIpc) is 2.69. The maximum Gasteiger partial charge on any atom is 0.232 e. The van der Waals surface area contributed by atoms with Gasteiger partial charge >= 0.3 is 0 Å². The highest BCUT2D eigenvalue weighted by Crippen LogP contribution is 2.06. The van der Waals surface area contributed by atoms with E-state index in [0.717, 1.165) is 6.54 Å². The van der Waals surface area contributed by atoms with Crippen molar-refractivity contribution < 1.29 is 4.58 Å². The second-order valence-electron chi connectivity index (χ2n) is 4.24. The fourth-order valence-electron chi connectivity index (χ4n) is 1.91. The molecule has 1 aliphatic heterocycles. The summed E-state index contributed by atoms with van der Waals surface area (Å²) in [4.78, 5) is 0. The summed E-state index contributed by atoms with van der Waals surface area (Å²) in [6, 6.07) is 0. The summed E-state index contributed by atoms with van der Waals surface area (Å²) in [5.41, 5.74) is 0. The molecule has 0 aromatic rings. The van der Waals surface area contributed by atoms with Gasteiger partial charge in [0.25, 0.3) is 0 Å². The molecule has 0 saturated carbocycles. The first-order chi connectivity index (χ1) is 6.93. The van der Waals surface area contributed by atoms with E-state index in [1.165, 1.54) is 58.0 Å². The van der Waals surface area contributed by atoms with Crippen molar-refractivity contribution in [3.63, 3.8) is 0 Å². The Labute approximate surface area is 88.4 Å². The van der Waals surface area contributed by atoms with Gasteiger partial charge < -0.3 is 0 Å². The minimum Gasteiger partial charge on any atom is -0.277 e. The van der Waals surface area contributed by atoms with Crippen LogP contribution in [0.1, 0.15) is 51.9 Å². The van der Waals surface area contributed by atoms with E-state index < -0.39 is 0 Å². The van der Waals surface area contributed by atoms with Gasteiger partial charge in [-0.25, -0.2) is 0 Å². The summed E-state index contributed by atoms with van der Waals surface area (Å²) in [7, 11) is 0. The van der Waals surface area contributed by atoms with Gasteiger partial charge in [-0.15, -0.1) is 0 Å². The van der Waals surface area contributed by atoms with Crippen molar-refractivity contribution in [2.24, 2.45) is 0 Å². The zero-order valence-electron chi connectivity index (χ0n) is 9.60. The number of rotatable bonds is 8. The summed E-state index contributed by atoms with van der Waals surface area (Å²) in [6.07, 6.45) is 12.0. The Balaban J connectivity index is 1.80. The monoisotopic (exact) mass is 197 g/mol. The molecule has 1 N–H and O–H groups in total. The molecule has 0 atom stereocenters. The predicted molar refractivity (Wildman–Crippen MR) is 62.1 cm³/mol. The molecular weight excluding hydrogens is 172 g/mol. The second-order valence-corrected chi connectivity index (χ2v) is 4.24. The van der Waals surface area contributed by atoms with Crippen LogP contribution in [-0.2, 0) is 0 Å². The fraction of sp³-hybridized carbons (Fsp3) is 0.917. The number of nitrogens with zero attached hydrogens (tertiary/aromatic N) is 1. The van der Waals surface area contributed by atoms with Crippen LogP contribution in [0.3, 0.4) is 0 Å². The Kier molecular flexibility index (Phi) is 6.46. The van der Waals surface area contributed by atoms with Crippen molar-refractivity contribution in [2.45, 2.75) is 51.9 Å². The smallest absolute Gasteiger partial charge is 0.232 e. The molecule has 14 heavy (non-hydrogen) atoms. The summed E-state index contributed by atoms with van der Waals surface area (Å²) >= 11 is 0. The first kappa shape index (κ1) is 11.5. The maximum atomic E-state index is 3.24. The van der Waals surface area contributed by atoms with E-state index in [4.69, 9.17) is 0 Å². The number of unbranched alkanes of at least 4 members (excludes halogenated alkanes) is 6. The highest BCUT2D eigenvalue weighted by molar-refractivity contribution is 5.49. The largest absolute Gasteiger partial charge is 0.277 e. The van der Waals surface area contributed by atoms with Gasteiger partial charge in [-0.05, 0) is 12.8 Å². The number of hydrogen-bond acceptors (Lipinski definition) is 1. The van der Waals surface area contributed by atoms with Crippen molar-refractivity contribution in [1.82, 2.24) is 5.32 Å². The molecule has 0 bridgehead atoms. The lowest BCUT2D eigenvalue weighted by molar-refractivity contribution is -0.514. The van der Waals surface area contributed by atoms with E-state index >= 15 is 0 Å². The van der Waals surface area contributed by atoms with Crippen LogP contribution >= 0.6 is 0 Å². The Morgan fingerprint density at radius 1 is 1.07 bits per heavy atom. The van der Waals surface area contributed by atoms with Crippen molar-refractivity contribution in [3.05, 3.63) is 0 Å². The summed E-state index contributed by atoms with van der Waals surface area (Å²) in [6.45, 7) is 5.86. The molecule has 0 saturated heterocycles. The van der Waals surface area contributed by atoms with Gasteiger partial charge in [-0.2, -0.15) is 0 Å². The number of nitrogens with one attached hydrogen (secondary N) is 1. The van der Waals surface area contributed by atoms with Gasteiger partial charge in [0.05, 0.1) is 6.54 Å². The van der Waals surface area contributed by atoms with Crippen molar-refractivity contribution in [3.8, 4) is 0 Å². The van der Waals surface area contributed by atoms with Crippen LogP contribution < -0.4 is 5.32 Å². The van der Waals surface area contributed by atoms with E-state index in [-0.39, 0.29) is 0 Å². The van der Waals surface area contributed by atoms with Crippen LogP contribution in [0.2, 0.25) is 0 Å². The summed E-state index contributed by atoms with van der Waals surface area (Å²) < 4.78 is 2.39. The third kappa shape index (κ3) is 5.25. The lowest BCUT2D eigenvalue weighted by Crippen LogP contribution is -2.11. The molecule has 2 nitrogen and oxygen atoms in total. The maximum absolute atomic E-state index is 3.24. The molecule has 0 spiro atoms.